The van der Waals surface area contributed by atoms with Crippen LogP contribution in [-0.4, -0.2) is 11.1 Å². The minimum absolute atomic E-state index is 0.274. The van der Waals surface area contributed by atoms with E-state index >= 15 is 0 Å². The van der Waals surface area contributed by atoms with Gasteiger partial charge >= 0.3 is 5.97 Å². The molecule has 0 saturated heterocycles. The molecule has 1 fully saturated rings. The first-order chi connectivity index (χ1) is 10.1. The standard InChI is InChI=1S/C17H16FNO2/c18-13-4-8-15(9-5-13)19-14-6-2-12(3-7-14)17(16(20)21)10-1-11-17/h2-9,19H,1,10-11H2,(H,20,21). The second-order valence-corrected chi connectivity index (χ2v) is 5.45. The third-order valence-corrected chi connectivity index (χ3v) is 4.19. The average Bonchev–Trinajstić information content (AvgIpc) is 2.42. The second-order valence-electron chi connectivity index (χ2n) is 5.45. The molecule has 0 unspecified atom stereocenters. The van der Waals surface area contributed by atoms with Gasteiger partial charge in [-0.05, 0) is 54.8 Å². The summed E-state index contributed by atoms with van der Waals surface area (Å²) in [4.78, 5) is 11.5. The predicted octanol–water partition coefficient (Wildman–Crippen LogP) is 4.08. The Hall–Kier alpha value is -2.36. The van der Waals surface area contributed by atoms with Gasteiger partial charge in [0.25, 0.3) is 0 Å². The Kier molecular flexibility index (Phi) is 3.37. The van der Waals surface area contributed by atoms with E-state index in [2.05, 4.69) is 5.32 Å². The number of benzene rings is 2. The highest BCUT2D eigenvalue weighted by molar-refractivity contribution is 5.82. The lowest BCUT2D eigenvalue weighted by Gasteiger charge is -2.38. The van der Waals surface area contributed by atoms with Crippen LogP contribution in [0.2, 0.25) is 0 Å². The highest BCUT2D eigenvalue weighted by Crippen LogP contribution is 2.44. The molecular formula is C17H16FNO2. The summed E-state index contributed by atoms with van der Waals surface area (Å²) in [7, 11) is 0. The topological polar surface area (TPSA) is 49.3 Å². The van der Waals surface area contributed by atoms with E-state index in [0.29, 0.717) is 12.8 Å². The van der Waals surface area contributed by atoms with Crippen LogP contribution in [0.4, 0.5) is 15.8 Å². The van der Waals surface area contributed by atoms with Crippen LogP contribution in [0, 0.1) is 5.82 Å². The number of aliphatic carboxylic acids is 1. The predicted molar refractivity (Wildman–Crippen MR) is 79.3 cm³/mol. The van der Waals surface area contributed by atoms with Crippen molar-refractivity contribution in [2.45, 2.75) is 24.7 Å². The van der Waals surface area contributed by atoms with E-state index in [1.165, 1.54) is 12.1 Å². The van der Waals surface area contributed by atoms with E-state index < -0.39 is 11.4 Å². The first-order valence-corrected chi connectivity index (χ1v) is 6.97. The number of nitrogens with one attached hydrogen (secondary N) is 1. The molecule has 108 valence electrons. The van der Waals surface area contributed by atoms with Crippen LogP contribution in [0.3, 0.4) is 0 Å². The lowest BCUT2D eigenvalue weighted by atomic mass is 9.64. The largest absolute Gasteiger partial charge is 0.481 e. The number of rotatable bonds is 4. The van der Waals surface area contributed by atoms with Crippen LogP contribution in [-0.2, 0) is 10.2 Å². The second kappa shape index (κ2) is 5.20. The Bertz CT molecular complexity index is 645. The molecule has 0 bridgehead atoms. The third-order valence-electron chi connectivity index (χ3n) is 4.19. The van der Waals surface area contributed by atoms with Gasteiger partial charge < -0.3 is 10.4 Å². The molecule has 0 heterocycles. The molecule has 1 aliphatic rings. The van der Waals surface area contributed by atoms with Crippen LogP contribution >= 0.6 is 0 Å². The fraction of sp³-hybridized carbons (Fsp3) is 0.235. The maximum absolute atomic E-state index is 12.8. The number of halogens is 1. The van der Waals surface area contributed by atoms with Gasteiger partial charge in [-0.25, -0.2) is 4.39 Å². The molecular weight excluding hydrogens is 269 g/mol. The molecule has 3 rings (SSSR count). The Morgan fingerprint density at radius 1 is 1.00 bits per heavy atom. The maximum Gasteiger partial charge on any atom is 0.314 e. The molecule has 4 heteroatoms. The van der Waals surface area contributed by atoms with Gasteiger partial charge in [0.2, 0.25) is 0 Å². The van der Waals surface area contributed by atoms with Crippen LogP contribution in [0.25, 0.3) is 0 Å². The quantitative estimate of drug-likeness (QED) is 0.890. The monoisotopic (exact) mass is 285 g/mol. The van der Waals surface area contributed by atoms with Gasteiger partial charge in [-0.2, -0.15) is 0 Å². The molecule has 0 amide bonds. The molecule has 21 heavy (non-hydrogen) atoms. The fourth-order valence-corrected chi connectivity index (χ4v) is 2.73. The third kappa shape index (κ3) is 2.49. The Morgan fingerprint density at radius 3 is 1.95 bits per heavy atom. The molecule has 0 radical (unpaired) electrons. The molecule has 1 saturated carbocycles. The van der Waals surface area contributed by atoms with E-state index in [0.717, 1.165) is 23.4 Å². The number of hydrogen-bond acceptors (Lipinski definition) is 2. The van der Waals surface area contributed by atoms with Gasteiger partial charge in [0.1, 0.15) is 5.82 Å². The van der Waals surface area contributed by atoms with Gasteiger partial charge in [-0.1, -0.05) is 18.6 Å². The van der Waals surface area contributed by atoms with Crippen molar-refractivity contribution in [3.05, 3.63) is 59.9 Å². The zero-order valence-corrected chi connectivity index (χ0v) is 11.5. The normalized spacial score (nSPS) is 16.0. The Labute approximate surface area is 122 Å². The minimum Gasteiger partial charge on any atom is -0.481 e. The number of carboxylic acids is 1. The fourth-order valence-electron chi connectivity index (χ4n) is 2.73. The summed E-state index contributed by atoms with van der Waals surface area (Å²) in [5, 5.41) is 12.6. The van der Waals surface area contributed by atoms with Crippen molar-refractivity contribution in [3.8, 4) is 0 Å². The first-order valence-electron chi connectivity index (χ1n) is 6.97. The zero-order chi connectivity index (χ0) is 14.9. The Balaban J connectivity index is 1.78. The molecule has 0 aromatic heterocycles. The highest BCUT2D eigenvalue weighted by Gasteiger charge is 2.45. The molecule has 2 aromatic rings. The van der Waals surface area contributed by atoms with Crippen molar-refractivity contribution in [1.29, 1.82) is 0 Å². The zero-order valence-electron chi connectivity index (χ0n) is 11.5. The Morgan fingerprint density at radius 2 is 1.52 bits per heavy atom. The van der Waals surface area contributed by atoms with Gasteiger partial charge in [0.05, 0.1) is 5.41 Å². The van der Waals surface area contributed by atoms with Crippen LogP contribution in [0.5, 0.6) is 0 Å². The van der Waals surface area contributed by atoms with Crippen LogP contribution in [0.15, 0.2) is 48.5 Å². The molecule has 1 aliphatic carbocycles. The SMILES string of the molecule is O=C(O)C1(c2ccc(Nc3ccc(F)cc3)cc2)CCC1. The van der Waals surface area contributed by atoms with Crippen molar-refractivity contribution in [2.75, 3.05) is 5.32 Å². The lowest BCUT2D eigenvalue weighted by Crippen LogP contribution is -2.42. The van der Waals surface area contributed by atoms with Gasteiger partial charge in [0, 0.05) is 11.4 Å². The maximum atomic E-state index is 12.8. The number of carbonyl (C=O) groups is 1. The molecule has 0 spiro atoms. The number of anilines is 2. The minimum atomic E-state index is -0.743. The van der Waals surface area contributed by atoms with Gasteiger partial charge in [0.15, 0.2) is 0 Å². The smallest absolute Gasteiger partial charge is 0.314 e. The van der Waals surface area contributed by atoms with Gasteiger partial charge in [-0.15, -0.1) is 0 Å². The van der Waals surface area contributed by atoms with Crippen molar-refractivity contribution in [2.24, 2.45) is 0 Å². The average molecular weight is 285 g/mol. The summed E-state index contributed by atoms with van der Waals surface area (Å²) in [5.74, 6) is -1.02. The van der Waals surface area contributed by atoms with Crippen LogP contribution in [0.1, 0.15) is 24.8 Å². The van der Waals surface area contributed by atoms with Crippen LogP contribution < -0.4 is 5.32 Å². The van der Waals surface area contributed by atoms with E-state index in [-0.39, 0.29) is 5.82 Å². The van der Waals surface area contributed by atoms with Crippen molar-refractivity contribution in [1.82, 2.24) is 0 Å². The summed E-state index contributed by atoms with van der Waals surface area (Å²) in [6.07, 6.45) is 2.36. The number of hydrogen-bond donors (Lipinski definition) is 2. The van der Waals surface area contributed by atoms with Crippen molar-refractivity contribution < 1.29 is 14.3 Å². The molecule has 2 aromatic carbocycles. The van der Waals surface area contributed by atoms with Crippen molar-refractivity contribution >= 4 is 17.3 Å². The number of carboxylic acid groups (broad SMARTS) is 1. The van der Waals surface area contributed by atoms with E-state index in [1.54, 1.807) is 12.1 Å². The van der Waals surface area contributed by atoms with E-state index in [9.17, 15) is 14.3 Å². The summed E-state index contributed by atoms with van der Waals surface area (Å²) < 4.78 is 12.8. The molecule has 0 atom stereocenters. The summed E-state index contributed by atoms with van der Waals surface area (Å²) in [5.41, 5.74) is 1.80. The molecule has 2 N–H and O–H groups in total. The lowest BCUT2D eigenvalue weighted by molar-refractivity contribution is -0.147. The van der Waals surface area contributed by atoms with E-state index in [4.69, 9.17) is 0 Å². The van der Waals surface area contributed by atoms with E-state index in [1.807, 2.05) is 24.3 Å². The summed E-state index contributed by atoms with van der Waals surface area (Å²) >= 11 is 0. The first kappa shape index (κ1) is 13.6. The molecule has 0 aliphatic heterocycles. The van der Waals surface area contributed by atoms with Gasteiger partial charge in [-0.3, -0.25) is 4.79 Å². The summed E-state index contributed by atoms with van der Waals surface area (Å²) in [6.45, 7) is 0. The van der Waals surface area contributed by atoms with Crippen molar-refractivity contribution in [3.63, 3.8) is 0 Å². The highest BCUT2D eigenvalue weighted by atomic mass is 19.1. The summed E-state index contributed by atoms with van der Waals surface area (Å²) in [6, 6.07) is 13.6. The molecule has 3 nitrogen and oxygen atoms in total.